The zero-order valence-corrected chi connectivity index (χ0v) is 12.6. The zero-order valence-electron chi connectivity index (χ0n) is 11.8. The second-order valence-electron chi connectivity index (χ2n) is 5.82. The van der Waals surface area contributed by atoms with Crippen molar-refractivity contribution in [1.82, 2.24) is 5.32 Å². The fraction of sp³-hybridized carbons (Fsp3) is 0.929. The van der Waals surface area contributed by atoms with Crippen molar-refractivity contribution in [3.8, 4) is 0 Å². The Bertz CT molecular complexity index is 228. The Hall–Kier alpha value is -0.280. The molecule has 4 heteroatoms. The highest BCUT2D eigenvalue weighted by Crippen LogP contribution is 2.28. The van der Waals surface area contributed by atoms with E-state index in [9.17, 15) is 4.79 Å². The lowest BCUT2D eigenvalue weighted by Crippen LogP contribution is -2.41. The lowest BCUT2D eigenvalue weighted by atomic mass is 10.0. The lowest BCUT2D eigenvalue weighted by Gasteiger charge is -2.19. The van der Waals surface area contributed by atoms with Crippen LogP contribution >= 0.6 is 12.4 Å². The SMILES string of the molecule is CC(C)CC(CN)NC(=O)CCC1CCCC1.Cl. The number of nitrogens with one attached hydrogen (secondary N) is 1. The highest BCUT2D eigenvalue weighted by molar-refractivity contribution is 5.85. The summed E-state index contributed by atoms with van der Waals surface area (Å²) < 4.78 is 0. The summed E-state index contributed by atoms with van der Waals surface area (Å²) in [5.74, 6) is 1.56. The van der Waals surface area contributed by atoms with Gasteiger partial charge in [0.05, 0.1) is 0 Å². The number of amides is 1. The maximum absolute atomic E-state index is 11.8. The molecule has 1 fully saturated rings. The van der Waals surface area contributed by atoms with Crippen molar-refractivity contribution in [3.63, 3.8) is 0 Å². The number of hydrogen-bond donors (Lipinski definition) is 2. The van der Waals surface area contributed by atoms with Crippen molar-refractivity contribution >= 4 is 18.3 Å². The molecular formula is C14H29ClN2O. The molecule has 1 rings (SSSR count). The molecule has 0 radical (unpaired) electrons. The average Bonchev–Trinajstić information content (AvgIpc) is 2.77. The summed E-state index contributed by atoms with van der Waals surface area (Å²) in [6, 6.07) is 0.158. The first kappa shape index (κ1) is 17.7. The molecule has 0 aromatic heterocycles. The third-order valence-corrected chi connectivity index (χ3v) is 3.66. The van der Waals surface area contributed by atoms with Crippen LogP contribution in [0.15, 0.2) is 0 Å². The predicted octanol–water partition coefficient (Wildman–Crippen LogP) is 2.87. The van der Waals surface area contributed by atoms with Gasteiger partial charge in [-0.25, -0.2) is 0 Å². The van der Waals surface area contributed by atoms with Gasteiger partial charge in [0, 0.05) is 19.0 Å². The number of carbonyl (C=O) groups excluding carboxylic acids is 1. The summed E-state index contributed by atoms with van der Waals surface area (Å²) in [5.41, 5.74) is 5.67. The van der Waals surface area contributed by atoms with E-state index >= 15 is 0 Å². The number of carbonyl (C=O) groups is 1. The number of rotatable bonds is 7. The van der Waals surface area contributed by atoms with Crippen LogP contribution in [0.2, 0.25) is 0 Å². The number of halogens is 1. The first-order valence-corrected chi connectivity index (χ1v) is 7.11. The molecular weight excluding hydrogens is 248 g/mol. The average molecular weight is 277 g/mol. The molecule has 1 aliphatic rings. The fourth-order valence-corrected chi connectivity index (χ4v) is 2.72. The zero-order chi connectivity index (χ0) is 12.7. The quantitative estimate of drug-likeness (QED) is 0.751. The minimum absolute atomic E-state index is 0. The molecule has 3 N–H and O–H groups in total. The molecule has 1 unspecified atom stereocenters. The van der Waals surface area contributed by atoms with E-state index in [2.05, 4.69) is 19.2 Å². The fourth-order valence-electron chi connectivity index (χ4n) is 2.72. The summed E-state index contributed by atoms with van der Waals surface area (Å²) in [4.78, 5) is 11.8. The van der Waals surface area contributed by atoms with Crippen LogP contribution in [0.25, 0.3) is 0 Å². The van der Waals surface area contributed by atoms with Gasteiger partial charge in [0.15, 0.2) is 0 Å². The lowest BCUT2D eigenvalue weighted by molar-refractivity contribution is -0.122. The topological polar surface area (TPSA) is 55.1 Å². The summed E-state index contributed by atoms with van der Waals surface area (Å²) >= 11 is 0. The Balaban J connectivity index is 0.00000289. The van der Waals surface area contributed by atoms with Gasteiger partial charge in [0.2, 0.25) is 5.91 Å². The van der Waals surface area contributed by atoms with Crippen molar-refractivity contribution in [1.29, 1.82) is 0 Å². The molecule has 1 aliphatic carbocycles. The van der Waals surface area contributed by atoms with Gasteiger partial charge in [-0.3, -0.25) is 4.79 Å². The molecule has 1 atom stereocenters. The van der Waals surface area contributed by atoms with Gasteiger partial charge in [0.1, 0.15) is 0 Å². The van der Waals surface area contributed by atoms with E-state index in [0.717, 1.165) is 18.8 Å². The predicted molar refractivity (Wildman–Crippen MR) is 78.9 cm³/mol. The van der Waals surface area contributed by atoms with Crippen LogP contribution in [-0.2, 0) is 4.79 Å². The Kier molecular flexibility index (Phi) is 9.47. The largest absolute Gasteiger partial charge is 0.352 e. The third-order valence-electron chi connectivity index (χ3n) is 3.66. The Morgan fingerprint density at radius 1 is 1.33 bits per heavy atom. The van der Waals surface area contributed by atoms with Crippen LogP contribution in [0, 0.1) is 11.8 Å². The van der Waals surface area contributed by atoms with Gasteiger partial charge < -0.3 is 11.1 Å². The van der Waals surface area contributed by atoms with Crippen molar-refractivity contribution in [2.24, 2.45) is 17.6 Å². The summed E-state index contributed by atoms with van der Waals surface area (Å²) in [7, 11) is 0. The smallest absolute Gasteiger partial charge is 0.220 e. The van der Waals surface area contributed by atoms with E-state index in [1.807, 2.05) is 0 Å². The standard InChI is InChI=1S/C14H28N2O.ClH/c1-11(2)9-13(10-15)16-14(17)8-7-12-5-3-4-6-12;/h11-13H,3-10,15H2,1-2H3,(H,16,17);1H. The highest BCUT2D eigenvalue weighted by atomic mass is 35.5. The molecule has 1 amide bonds. The molecule has 1 saturated carbocycles. The highest BCUT2D eigenvalue weighted by Gasteiger charge is 2.17. The first-order valence-electron chi connectivity index (χ1n) is 7.11. The van der Waals surface area contributed by atoms with Gasteiger partial charge in [-0.15, -0.1) is 12.4 Å². The normalized spacial score (nSPS) is 17.6. The monoisotopic (exact) mass is 276 g/mol. The number of nitrogens with two attached hydrogens (primary N) is 1. The molecule has 0 aromatic rings. The molecule has 0 heterocycles. The van der Waals surface area contributed by atoms with E-state index in [4.69, 9.17) is 5.73 Å². The molecule has 18 heavy (non-hydrogen) atoms. The van der Waals surface area contributed by atoms with Crippen molar-refractivity contribution in [3.05, 3.63) is 0 Å². The molecule has 108 valence electrons. The van der Waals surface area contributed by atoms with Crippen molar-refractivity contribution in [2.75, 3.05) is 6.54 Å². The summed E-state index contributed by atoms with van der Waals surface area (Å²) in [6.45, 7) is 4.87. The Morgan fingerprint density at radius 2 is 1.94 bits per heavy atom. The molecule has 3 nitrogen and oxygen atoms in total. The summed E-state index contributed by atoms with van der Waals surface area (Å²) in [5, 5.41) is 3.06. The van der Waals surface area contributed by atoms with Crippen LogP contribution in [0.3, 0.4) is 0 Å². The Morgan fingerprint density at radius 3 is 2.44 bits per heavy atom. The van der Waals surface area contributed by atoms with E-state index in [-0.39, 0.29) is 24.4 Å². The van der Waals surface area contributed by atoms with E-state index in [0.29, 0.717) is 18.9 Å². The van der Waals surface area contributed by atoms with Crippen LogP contribution in [0.4, 0.5) is 0 Å². The molecule has 0 aliphatic heterocycles. The van der Waals surface area contributed by atoms with Gasteiger partial charge in [-0.1, -0.05) is 39.5 Å². The van der Waals surface area contributed by atoms with E-state index < -0.39 is 0 Å². The van der Waals surface area contributed by atoms with Gasteiger partial charge >= 0.3 is 0 Å². The second kappa shape index (κ2) is 9.62. The van der Waals surface area contributed by atoms with Crippen LogP contribution in [-0.4, -0.2) is 18.5 Å². The number of hydrogen-bond acceptors (Lipinski definition) is 2. The minimum Gasteiger partial charge on any atom is -0.352 e. The van der Waals surface area contributed by atoms with Gasteiger partial charge in [-0.05, 0) is 24.7 Å². The van der Waals surface area contributed by atoms with Gasteiger partial charge in [-0.2, -0.15) is 0 Å². The first-order chi connectivity index (χ1) is 8.11. The van der Waals surface area contributed by atoms with Crippen LogP contribution < -0.4 is 11.1 Å². The maximum atomic E-state index is 11.8. The molecule has 0 spiro atoms. The second-order valence-corrected chi connectivity index (χ2v) is 5.82. The van der Waals surface area contributed by atoms with E-state index in [1.54, 1.807) is 0 Å². The third kappa shape index (κ3) is 7.22. The van der Waals surface area contributed by atoms with Crippen LogP contribution in [0.5, 0.6) is 0 Å². The van der Waals surface area contributed by atoms with Crippen molar-refractivity contribution < 1.29 is 4.79 Å². The molecule has 0 bridgehead atoms. The van der Waals surface area contributed by atoms with Gasteiger partial charge in [0.25, 0.3) is 0 Å². The minimum atomic E-state index is 0. The maximum Gasteiger partial charge on any atom is 0.220 e. The van der Waals surface area contributed by atoms with E-state index in [1.165, 1.54) is 25.7 Å². The molecule has 0 aromatic carbocycles. The summed E-state index contributed by atoms with van der Waals surface area (Å²) in [6.07, 6.45) is 8.06. The molecule has 0 saturated heterocycles. The Labute approximate surface area is 118 Å². The van der Waals surface area contributed by atoms with Crippen molar-refractivity contribution in [2.45, 2.75) is 64.8 Å². The van der Waals surface area contributed by atoms with Crippen LogP contribution in [0.1, 0.15) is 58.8 Å².